The van der Waals surface area contributed by atoms with Gasteiger partial charge in [0.15, 0.2) is 0 Å². The number of epoxide rings is 1. The number of likely N-dealkylation sites (N-methyl/N-ethyl adjacent to an activating group) is 1. The molecule has 2 bridgehead atoms. The third kappa shape index (κ3) is 9.01. The third-order valence-electron chi connectivity index (χ3n) is 11.8. The highest BCUT2D eigenvalue weighted by molar-refractivity contribution is 7.12. The molecule has 55 heavy (non-hydrogen) atoms. The molecular weight excluding hydrogens is 735 g/mol. The summed E-state index contributed by atoms with van der Waals surface area (Å²) < 4.78 is 19.2. The highest BCUT2D eigenvalue weighted by atomic mass is 32.1. The molecule has 3 aliphatic heterocycles. The summed E-state index contributed by atoms with van der Waals surface area (Å²) in [6, 6.07) is 23.2. The molecule has 0 aliphatic carbocycles. The summed E-state index contributed by atoms with van der Waals surface area (Å²) in [4.78, 5) is 26.0. The number of hydrogen-bond acceptors (Lipinski definition) is 10. The number of amides is 1. The lowest BCUT2D eigenvalue weighted by Gasteiger charge is -2.48. The van der Waals surface area contributed by atoms with Crippen LogP contribution in [0.5, 0.6) is 5.75 Å². The van der Waals surface area contributed by atoms with E-state index in [1.165, 1.54) is 54.8 Å². The minimum absolute atomic E-state index is 0.218. The number of nitrogens with zero attached hydrogens (tertiary/aromatic N) is 1. The molecule has 3 saturated heterocycles. The van der Waals surface area contributed by atoms with Gasteiger partial charge < -0.3 is 39.5 Å². The fourth-order valence-corrected chi connectivity index (χ4v) is 10.5. The Bertz CT molecular complexity index is 1770. The monoisotopic (exact) mass is 788 g/mol. The average molecular weight is 789 g/mol. The van der Waals surface area contributed by atoms with Crippen molar-refractivity contribution in [3.05, 3.63) is 104 Å². The molecule has 4 unspecified atom stereocenters. The normalized spacial score (nSPS) is 24.5. The van der Waals surface area contributed by atoms with Crippen molar-refractivity contribution < 1.29 is 38.5 Å². The molecule has 0 radical (unpaired) electrons. The van der Waals surface area contributed by atoms with E-state index >= 15 is 0 Å². The summed E-state index contributed by atoms with van der Waals surface area (Å²) in [5, 5.41) is 32.3. The van der Waals surface area contributed by atoms with Gasteiger partial charge in [0.25, 0.3) is 0 Å². The average Bonchev–Trinajstić information content (AvgIpc) is 3.48. The molecule has 0 saturated carbocycles. The van der Waals surface area contributed by atoms with Gasteiger partial charge in [-0.1, -0.05) is 74.2 Å². The minimum Gasteiger partial charge on any atom is -0.487 e. The summed E-state index contributed by atoms with van der Waals surface area (Å²) >= 11 is 2.74. The van der Waals surface area contributed by atoms with Crippen molar-refractivity contribution >= 4 is 40.7 Å². The number of esters is 1. The second-order valence-electron chi connectivity index (χ2n) is 15.4. The molecule has 5 atom stereocenters. The third-order valence-corrected chi connectivity index (χ3v) is 13.8. The molecule has 3 fully saturated rings. The van der Waals surface area contributed by atoms with Crippen molar-refractivity contribution in [2.75, 3.05) is 32.0 Å². The smallest absolute Gasteiger partial charge is 0.349 e. The lowest BCUT2D eigenvalue weighted by atomic mass is 9.94. The number of aliphatic hydroxyl groups is 2. The number of nitrogens with one attached hydrogen (secondary N) is 2. The highest BCUT2D eigenvalue weighted by Crippen LogP contribution is 2.53. The first-order valence-corrected chi connectivity index (χ1v) is 21.5. The van der Waals surface area contributed by atoms with E-state index in [0.29, 0.717) is 52.8 Å². The van der Waals surface area contributed by atoms with Crippen LogP contribution in [0, 0.1) is 0 Å². The van der Waals surface area contributed by atoms with Gasteiger partial charge in [0.1, 0.15) is 42.8 Å². The summed E-state index contributed by atoms with van der Waals surface area (Å²) in [5.41, 5.74) is 0.514. The van der Waals surface area contributed by atoms with Gasteiger partial charge in [-0.05, 0) is 72.0 Å². The topological polar surface area (TPSA) is 130 Å². The maximum absolute atomic E-state index is 13.6. The van der Waals surface area contributed by atoms with E-state index < -0.39 is 17.7 Å². The molecule has 10 nitrogen and oxygen atoms in total. The number of fused-ring (bicyclic) bond motifs is 5. The Morgan fingerprint density at radius 3 is 2.22 bits per heavy atom. The van der Waals surface area contributed by atoms with Crippen LogP contribution in [0.25, 0.3) is 0 Å². The summed E-state index contributed by atoms with van der Waals surface area (Å²) in [6.45, 7) is 2.78. The standard InChI is InChI=1S/C43H53N3O7S2/c1-46(34-25-32(26-35(46)41-40(34)53-41)52-42(49)43(50,38-16-12-22-54-38)39-17-13-23-55-39)21-11-6-4-2-3-5-10-20-44-27-36(48)31-18-19-37(33(24-31)45-29-47)51-28-30-14-8-7-9-15-30/h7-9,12-19,22-24,29,32,34-36,40-41,44,48,50H,2-6,10-11,20-21,25-28H2,1H3/p+1/t32?,34?,35?,36-,40?,41?,46?/m0/s1. The summed E-state index contributed by atoms with van der Waals surface area (Å²) in [6.07, 6.45) is 9.97. The summed E-state index contributed by atoms with van der Waals surface area (Å²) in [7, 11) is 2.37. The van der Waals surface area contributed by atoms with Gasteiger partial charge in [0.05, 0.1) is 35.1 Å². The van der Waals surface area contributed by atoms with Crippen LogP contribution in [0.15, 0.2) is 83.6 Å². The molecule has 0 spiro atoms. The predicted octanol–water partition coefficient (Wildman–Crippen LogP) is 6.92. The molecule has 7 rings (SSSR count). The predicted molar refractivity (Wildman–Crippen MR) is 215 cm³/mol. The number of rotatable bonds is 22. The Morgan fingerprint density at radius 1 is 0.927 bits per heavy atom. The number of anilines is 1. The Kier molecular flexibility index (Phi) is 13.0. The Balaban J connectivity index is 0.770. The van der Waals surface area contributed by atoms with Crippen molar-refractivity contribution in [1.82, 2.24) is 5.32 Å². The molecule has 2 aromatic heterocycles. The maximum Gasteiger partial charge on any atom is 0.349 e. The van der Waals surface area contributed by atoms with E-state index in [0.717, 1.165) is 54.4 Å². The van der Waals surface area contributed by atoms with Gasteiger partial charge in [-0.2, -0.15) is 0 Å². The Hall–Kier alpha value is -3.62. The van der Waals surface area contributed by atoms with E-state index in [-0.39, 0.29) is 18.3 Å². The zero-order chi connectivity index (χ0) is 38.3. The SMILES string of the molecule is C[N+]1(CCCCCCCCCNC[C@H](O)c2ccc(OCc3ccccc3)c(NC=O)c2)C2CC(OC(=O)C(O)(c3cccs3)c3cccs3)CC1C1OC12. The fraction of sp³-hybridized carbons (Fsp3) is 0.488. The molecule has 4 aromatic rings. The molecule has 5 heterocycles. The zero-order valence-corrected chi connectivity index (χ0v) is 33.1. The van der Waals surface area contributed by atoms with Gasteiger partial charge in [0, 0.05) is 19.4 Å². The largest absolute Gasteiger partial charge is 0.487 e. The number of ether oxygens (including phenoxy) is 3. The number of morpholine rings is 1. The molecule has 4 N–H and O–H groups in total. The van der Waals surface area contributed by atoms with Crippen LogP contribution in [0.2, 0.25) is 0 Å². The lowest BCUT2D eigenvalue weighted by molar-refractivity contribution is -0.956. The van der Waals surface area contributed by atoms with Gasteiger partial charge in [-0.3, -0.25) is 4.79 Å². The van der Waals surface area contributed by atoms with Gasteiger partial charge in [0.2, 0.25) is 12.0 Å². The number of piperidine rings is 1. The Morgan fingerprint density at radius 2 is 1.58 bits per heavy atom. The van der Waals surface area contributed by atoms with Gasteiger partial charge in [-0.25, -0.2) is 4.79 Å². The minimum atomic E-state index is -1.77. The van der Waals surface area contributed by atoms with E-state index in [4.69, 9.17) is 14.2 Å². The lowest BCUT2D eigenvalue weighted by Crippen LogP contribution is -2.63. The number of hydrogen-bond donors (Lipinski definition) is 4. The van der Waals surface area contributed by atoms with Crippen LogP contribution in [0.1, 0.15) is 84.8 Å². The number of thiophene rings is 2. The second-order valence-corrected chi connectivity index (χ2v) is 17.3. The molecule has 3 aliphatic rings. The molecule has 12 heteroatoms. The quantitative estimate of drug-likeness (QED) is 0.0222. The van der Waals surface area contributed by atoms with E-state index in [2.05, 4.69) is 17.7 Å². The van der Waals surface area contributed by atoms with Crippen molar-refractivity contribution in [2.45, 2.75) is 106 Å². The molecule has 294 valence electrons. The first-order chi connectivity index (χ1) is 26.8. The number of quaternary nitrogens is 1. The fourth-order valence-electron chi connectivity index (χ4n) is 8.75. The van der Waals surface area contributed by atoms with Crippen molar-refractivity contribution in [3.63, 3.8) is 0 Å². The zero-order valence-electron chi connectivity index (χ0n) is 31.5. The van der Waals surface area contributed by atoms with Crippen molar-refractivity contribution in [2.24, 2.45) is 0 Å². The van der Waals surface area contributed by atoms with Crippen LogP contribution < -0.4 is 15.4 Å². The maximum atomic E-state index is 13.6. The van der Waals surface area contributed by atoms with Gasteiger partial charge in [-0.15, -0.1) is 22.7 Å². The summed E-state index contributed by atoms with van der Waals surface area (Å²) in [5.74, 6) is -0.0136. The van der Waals surface area contributed by atoms with Crippen molar-refractivity contribution in [1.29, 1.82) is 0 Å². The first-order valence-electron chi connectivity index (χ1n) is 19.7. The van der Waals surface area contributed by atoms with E-state index in [1.807, 2.05) is 59.3 Å². The van der Waals surface area contributed by atoms with Crippen LogP contribution in [-0.4, -0.2) is 84.2 Å². The van der Waals surface area contributed by atoms with Crippen LogP contribution in [-0.2, 0) is 31.3 Å². The first kappa shape index (κ1) is 39.6. The van der Waals surface area contributed by atoms with Crippen molar-refractivity contribution in [3.8, 4) is 5.75 Å². The molecule has 1 amide bonds. The highest BCUT2D eigenvalue weighted by Gasteiger charge is 2.72. The molecule has 2 aromatic carbocycles. The number of benzene rings is 2. The number of carbonyl (C=O) groups is 2. The number of aliphatic hydroxyl groups excluding tert-OH is 1. The van der Waals surface area contributed by atoms with Crippen LogP contribution in [0.4, 0.5) is 5.69 Å². The van der Waals surface area contributed by atoms with Crippen LogP contribution in [0.3, 0.4) is 0 Å². The van der Waals surface area contributed by atoms with Gasteiger partial charge >= 0.3 is 5.97 Å². The number of carbonyl (C=O) groups excluding carboxylic acids is 2. The van der Waals surface area contributed by atoms with E-state index in [1.54, 1.807) is 24.3 Å². The second kappa shape index (κ2) is 18.1. The van der Waals surface area contributed by atoms with E-state index in [9.17, 15) is 19.8 Å². The number of unbranched alkanes of at least 4 members (excludes halogenated alkanes) is 6. The van der Waals surface area contributed by atoms with Crippen LogP contribution >= 0.6 is 22.7 Å². The molecular formula is C43H54N3O7S2+. The Labute approximate surface area is 332 Å².